The molecule has 0 spiro atoms. The number of hydrogen-bond donors (Lipinski definition) is 0. The van der Waals surface area contributed by atoms with Crippen LogP contribution < -0.4 is 10.4 Å². The maximum atomic E-state index is 14.4. The quantitative estimate of drug-likeness (QED) is 0.293. The standard InChI is InChI=1S/C23H22FN3O3S/c1-14(2)12-27-22(18-6-4-5-7-19(18)24)25-26-23(27)31-13-15-10-21(28)30-20-11-16(29-3)8-9-17(15)20/h4-11,14H,12-13H2,1-3H3. The molecular formula is C23H22FN3O3S. The highest BCUT2D eigenvalue weighted by Gasteiger charge is 2.18. The van der Waals surface area contributed by atoms with Gasteiger partial charge in [0.2, 0.25) is 0 Å². The molecule has 0 aliphatic carbocycles. The summed E-state index contributed by atoms with van der Waals surface area (Å²) in [4.78, 5) is 12.1. The lowest BCUT2D eigenvalue weighted by molar-refractivity contribution is 0.414. The molecule has 0 saturated carbocycles. The third kappa shape index (κ3) is 4.49. The molecule has 2 aromatic carbocycles. The van der Waals surface area contributed by atoms with Crippen molar-refractivity contribution in [3.05, 3.63) is 70.3 Å². The molecule has 8 heteroatoms. The van der Waals surface area contributed by atoms with Crippen LogP contribution in [0.3, 0.4) is 0 Å². The van der Waals surface area contributed by atoms with E-state index in [1.807, 2.05) is 16.7 Å². The topological polar surface area (TPSA) is 70.2 Å². The van der Waals surface area contributed by atoms with Crippen LogP contribution >= 0.6 is 11.8 Å². The lowest BCUT2D eigenvalue weighted by atomic mass is 10.1. The summed E-state index contributed by atoms with van der Waals surface area (Å²) in [5, 5.41) is 10.1. The van der Waals surface area contributed by atoms with Gasteiger partial charge in [-0.2, -0.15) is 0 Å². The summed E-state index contributed by atoms with van der Waals surface area (Å²) < 4.78 is 26.9. The Hall–Kier alpha value is -3.13. The lowest BCUT2D eigenvalue weighted by Gasteiger charge is -2.13. The Morgan fingerprint density at radius 1 is 1.16 bits per heavy atom. The fraction of sp³-hybridized carbons (Fsp3) is 0.261. The van der Waals surface area contributed by atoms with Crippen molar-refractivity contribution in [2.24, 2.45) is 5.92 Å². The van der Waals surface area contributed by atoms with E-state index in [0.29, 0.717) is 46.1 Å². The van der Waals surface area contributed by atoms with E-state index in [4.69, 9.17) is 9.15 Å². The Balaban J connectivity index is 1.69. The molecule has 0 aliphatic heterocycles. The number of benzene rings is 2. The molecule has 0 radical (unpaired) electrons. The summed E-state index contributed by atoms with van der Waals surface area (Å²) in [5.41, 5.74) is 1.29. The molecule has 0 fully saturated rings. The molecule has 160 valence electrons. The van der Waals surface area contributed by atoms with Crippen LogP contribution in [0.15, 0.2) is 62.9 Å². The first-order valence-electron chi connectivity index (χ1n) is 9.88. The highest BCUT2D eigenvalue weighted by molar-refractivity contribution is 7.98. The molecule has 0 unspecified atom stereocenters. The third-order valence-electron chi connectivity index (χ3n) is 4.77. The fourth-order valence-corrected chi connectivity index (χ4v) is 4.30. The average Bonchev–Trinajstić information content (AvgIpc) is 3.13. The minimum Gasteiger partial charge on any atom is -0.497 e. The molecule has 4 rings (SSSR count). The molecule has 4 aromatic rings. The molecule has 2 heterocycles. The molecule has 2 aromatic heterocycles. The van der Waals surface area contributed by atoms with Crippen LogP contribution in [0.2, 0.25) is 0 Å². The highest BCUT2D eigenvalue weighted by atomic mass is 32.2. The molecule has 0 aliphatic rings. The summed E-state index contributed by atoms with van der Waals surface area (Å²) in [6.07, 6.45) is 0. The van der Waals surface area contributed by atoms with Crippen LogP contribution in [0.25, 0.3) is 22.4 Å². The van der Waals surface area contributed by atoms with E-state index in [1.54, 1.807) is 31.4 Å². The predicted molar refractivity (Wildman–Crippen MR) is 119 cm³/mol. The van der Waals surface area contributed by atoms with E-state index < -0.39 is 5.63 Å². The van der Waals surface area contributed by atoms with Gasteiger partial charge in [-0.1, -0.05) is 37.7 Å². The fourth-order valence-electron chi connectivity index (χ4n) is 3.37. The summed E-state index contributed by atoms with van der Waals surface area (Å²) >= 11 is 1.45. The van der Waals surface area contributed by atoms with Crippen LogP contribution in [-0.2, 0) is 12.3 Å². The molecule has 0 N–H and O–H groups in total. The number of nitrogens with zero attached hydrogens (tertiary/aromatic N) is 3. The minimum atomic E-state index is -0.424. The number of aromatic nitrogens is 3. The predicted octanol–water partition coefficient (Wildman–Crippen LogP) is 5.15. The normalized spacial score (nSPS) is 11.4. The van der Waals surface area contributed by atoms with E-state index in [1.165, 1.54) is 23.9 Å². The van der Waals surface area contributed by atoms with Crippen molar-refractivity contribution in [2.45, 2.75) is 31.3 Å². The SMILES string of the molecule is COc1ccc2c(CSc3nnc(-c4ccccc4F)n3CC(C)C)cc(=O)oc2c1. The van der Waals surface area contributed by atoms with Crippen molar-refractivity contribution < 1.29 is 13.5 Å². The van der Waals surface area contributed by atoms with E-state index in [9.17, 15) is 9.18 Å². The zero-order valence-electron chi connectivity index (χ0n) is 17.5. The zero-order chi connectivity index (χ0) is 22.0. The first-order chi connectivity index (χ1) is 15.0. The van der Waals surface area contributed by atoms with Gasteiger partial charge in [0.25, 0.3) is 0 Å². The largest absolute Gasteiger partial charge is 0.497 e. The zero-order valence-corrected chi connectivity index (χ0v) is 18.3. The van der Waals surface area contributed by atoms with Gasteiger partial charge >= 0.3 is 5.63 Å². The summed E-state index contributed by atoms with van der Waals surface area (Å²) in [5.74, 6) is 1.58. The minimum absolute atomic E-state index is 0.318. The van der Waals surface area contributed by atoms with Gasteiger partial charge in [-0.3, -0.25) is 0 Å². The van der Waals surface area contributed by atoms with Gasteiger partial charge < -0.3 is 13.7 Å². The number of rotatable bonds is 7. The Morgan fingerprint density at radius 3 is 2.71 bits per heavy atom. The molecule has 0 amide bonds. The van der Waals surface area contributed by atoms with Crippen LogP contribution in [0, 0.1) is 11.7 Å². The monoisotopic (exact) mass is 439 g/mol. The average molecular weight is 440 g/mol. The molecule has 0 atom stereocenters. The number of methoxy groups -OCH3 is 1. The van der Waals surface area contributed by atoms with Gasteiger partial charge in [0.05, 0.1) is 12.7 Å². The second kappa shape index (κ2) is 8.93. The van der Waals surface area contributed by atoms with Gasteiger partial charge in [0.15, 0.2) is 11.0 Å². The van der Waals surface area contributed by atoms with E-state index in [0.717, 1.165) is 10.9 Å². The van der Waals surface area contributed by atoms with Crippen molar-refractivity contribution in [1.29, 1.82) is 0 Å². The maximum Gasteiger partial charge on any atom is 0.336 e. The first-order valence-corrected chi connectivity index (χ1v) is 10.9. The number of halogens is 1. The number of ether oxygens (including phenoxy) is 1. The summed E-state index contributed by atoms with van der Waals surface area (Å²) in [7, 11) is 1.56. The Morgan fingerprint density at radius 2 is 1.97 bits per heavy atom. The first kappa shape index (κ1) is 21.1. The second-order valence-corrected chi connectivity index (χ2v) is 8.47. The van der Waals surface area contributed by atoms with Crippen LogP contribution in [-0.4, -0.2) is 21.9 Å². The van der Waals surface area contributed by atoms with Gasteiger partial charge in [-0.15, -0.1) is 10.2 Å². The number of thioether (sulfide) groups is 1. The Kier molecular flexibility index (Phi) is 6.08. The smallest absolute Gasteiger partial charge is 0.336 e. The highest BCUT2D eigenvalue weighted by Crippen LogP contribution is 2.31. The van der Waals surface area contributed by atoms with Gasteiger partial charge in [-0.05, 0) is 35.7 Å². The second-order valence-electron chi connectivity index (χ2n) is 7.53. The van der Waals surface area contributed by atoms with E-state index >= 15 is 0 Å². The van der Waals surface area contributed by atoms with Gasteiger partial charge in [-0.25, -0.2) is 9.18 Å². The Labute approximate surface area is 183 Å². The maximum absolute atomic E-state index is 14.4. The van der Waals surface area contributed by atoms with Crippen molar-refractivity contribution >= 4 is 22.7 Å². The Bertz CT molecular complexity index is 1280. The number of hydrogen-bond acceptors (Lipinski definition) is 6. The lowest BCUT2D eigenvalue weighted by Crippen LogP contribution is -2.08. The molecule has 6 nitrogen and oxygen atoms in total. The van der Waals surface area contributed by atoms with Crippen LogP contribution in [0.1, 0.15) is 19.4 Å². The van der Waals surface area contributed by atoms with Crippen molar-refractivity contribution in [3.63, 3.8) is 0 Å². The van der Waals surface area contributed by atoms with E-state index in [-0.39, 0.29) is 5.82 Å². The van der Waals surface area contributed by atoms with E-state index in [2.05, 4.69) is 24.0 Å². The van der Waals surface area contributed by atoms with Crippen LogP contribution in [0.5, 0.6) is 5.75 Å². The molecule has 0 bridgehead atoms. The third-order valence-corrected chi connectivity index (χ3v) is 5.79. The summed E-state index contributed by atoms with van der Waals surface area (Å²) in [6.45, 7) is 4.82. The summed E-state index contributed by atoms with van der Waals surface area (Å²) in [6, 6.07) is 13.4. The number of fused-ring (bicyclic) bond motifs is 1. The van der Waals surface area contributed by atoms with Crippen molar-refractivity contribution in [3.8, 4) is 17.1 Å². The molecular weight excluding hydrogens is 417 g/mol. The van der Waals surface area contributed by atoms with Crippen molar-refractivity contribution in [2.75, 3.05) is 7.11 Å². The van der Waals surface area contributed by atoms with Gasteiger partial charge in [0, 0.05) is 29.8 Å². The van der Waals surface area contributed by atoms with Crippen LogP contribution in [0.4, 0.5) is 4.39 Å². The van der Waals surface area contributed by atoms with Crippen molar-refractivity contribution in [1.82, 2.24) is 14.8 Å². The molecule has 0 saturated heterocycles. The van der Waals surface area contributed by atoms with Gasteiger partial charge in [0.1, 0.15) is 17.1 Å². The molecule has 31 heavy (non-hydrogen) atoms.